The van der Waals surface area contributed by atoms with E-state index in [1.807, 2.05) is 0 Å². The smallest absolute Gasteiger partial charge is 0.222 e. The summed E-state index contributed by atoms with van der Waals surface area (Å²) in [6.07, 6.45) is 0.122. The van der Waals surface area contributed by atoms with Gasteiger partial charge in [0, 0.05) is 39.3 Å². The fourth-order valence-corrected chi connectivity index (χ4v) is 2.46. The maximum absolute atomic E-state index is 11.9. The predicted octanol–water partition coefficient (Wildman–Crippen LogP) is 0.667. The Labute approximate surface area is 146 Å². The second-order valence-electron chi connectivity index (χ2n) is 5.56. The van der Waals surface area contributed by atoms with E-state index >= 15 is 0 Å². The summed E-state index contributed by atoms with van der Waals surface area (Å²) >= 11 is 0. The predicted molar refractivity (Wildman–Crippen MR) is 93.0 cm³/mol. The van der Waals surface area contributed by atoms with Crippen LogP contribution < -0.4 is 11.1 Å². The number of morpholine rings is 1. The zero-order valence-electron chi connectivity index (χ0n) is 13.7. The Balaban J connectivity index is 0. The van der Waals surface area contributed by atoms with Gasteiger partial charge in [0.1, 0.15) is 0 Å². The van der Waals surface area contributed by atoms with E-state index in [1.54, 1.807) is 7.11 Å². The number of methoxy groups -OCH3 is 1. The Kier molecular flexibility index (Phi) is 14.6. The molecule has 1 saturated heterocycles. The molecule has 2 atom stereocenters. The number of amides is 1. The summed E-state index contributed by atoms with van der Waals surface area (Å²) in [5.41, 5.74) is 5.53. The lowest BCUT2D eigenvalue weighted by Gasteiger charge is -2.37. The van der Waals surface area contributed by atoms with Crippen LogP contribution >= 0.6 is 24.8 Å². The van der Waals surface area contributed by atoms with Gasteiger partial charge in [-0.1, -0.05) is 13.8 Å². The number of halogens is 2. The van der Waals surface area contributed by atoms with Crippen molar-refractivity contribution in [2.24, 2.45) is 11.7 Å². The van der Waals surface area contributed by atoms with Crippen LogP contribution in [0.1, 0.15) is 20.3 Å². The van der Waals surface area contributed by atoms with Crippen molar-refractivity contribution < 1.29 is 14.3 Å². The molecule has 3 N–H and O–H groups in total. The third-order valence-electron chi connectivity index (χ3n) is 3.80. The van der Waals surface area contributed by atoms with E-state index in [-0.39, 0.29) is 36.8 Å². The quantitative estimate of drug-likeness (QED) is 0.665. The molecule has 6 nitrogen and oxygen atoms in total. The van der Waals surface area contributed by atoms with Crippen molar-refractivity contribution in [1.29, 1.82) is 0 Å². The van der Waals surface area contributed by atoms with E-state index in [4.69, 9.17) is 15.2 Å². The van der Waals surface area contributed by atoms with Gasteiger partial charge in [0.15, 0.2) is 0 Å². The standard InChI is InChI=1S/C14H29N3O3.2ClH/c1-11(2)13(17-4-6-20-7-5-17)10-16-14(18)8-12(9-15)19-3;;/h11-13H,4-10,15H2,1-3H3,(H,16,18);2*1H. The molecule has 0 aromatic rings. The number of rotatable bonds is 8. The molecule has 1 amide bonds. The highest BCUT2D eigenvalue weighted by Gasteiger charge is 2.24. The van der Waals surface area contributed by atoms with Crippen molar-refractivity contribution in [3.05, 3.63) is 0 Å². The summed E-state index contributed by atoms with van der Waals surface area (Å²) in [4.78, 5) is 14.3. The fraction of sp³-hybridized carbons (Fsp3) is 0.929. The maximum atomic E-state index is 11.9. The molecule has 0 radical (unpaired) electrons. The molecule has 0 aromatic carbocycles. The van der Waals surface area contributed by atoms with Crippen molar-refractivity contribution in [3.63, 3.8) is 0 Å². The van der Waals surface area contributed by atoms with Crippen LogP contribution in [0.25, 0.3) is 0 Å². The number of ether oxygens (including phenoxy) is 2. The van der Waals surface area contributed by atoms with E-state index < -0.39 is 0 Å². The summed E-state index contributed by atoms with van der Waals surface area (Å²) in [5.74, 6) is 0.488. The van der Waals surface area contributed by atoms with Crippen LogP contribution in [-0.4, -0.2) is 69.5 Å². The van der Waals surface area contributed by atoms with Gasteiger partial charge in [0.25, 0.3) is 0 Å². The Hall–Kier alpha value is -0.110. The first kappa shape index (κ1) is 24.1. The van der Waals surface area contributed by atoms with Gasteiger partial charge < -0.3 is 20.5 Å². The molecule has 1 rings (SSSR count). The molecule has 0 aliphatic carbocycles. The van der Waals surface area contributed by atoms with Crippen LogP contribution in [0.3, 0.4) is 0 Å². The number of carbonyl (C=O) groups excluding carboxylic acids is 1. The lowest BCUT2D eigenvalue weighted by Crippen LogP contribution is -2.51. The van der Waals surface area contributed by atoms with Crippen LogP contribution in [-0.2, 0) is 14.3 Å². The average molecular weight is 360 g/mol. The van der Waals surface area contributed by atoms with Crippen molar-refractivity contribution in [1.82, 2.24) is 10.2 Å². The highest BCUT2D eigenvalue weighted by molar-refractivity contribution is 5.85. The van der Waals surface area contributed by atoms with Gasteiger partial charge in [0.2, 0.25) is 5.91 Å². The molecular weight excluding hydrogens is 329 g/mol. The zero-order chi connectivity index (χ0) is 15.0. The monoisotopic (exact) mass is 359 g/mol. The molecule has 2 unspecified atom stereocenters. The fourth-order valence-electron chi connectivity index (χ4n) is 2.46. The van der Waals surface area contributed by atoms with Crippen LogP contribution in [0.5, 0.6) is 0 Å². The third kappa shape index (κ3) is 8.50. The molecule has 134 valence electrons. The molecule has 0 saturated carbocycles. The molecule has 1 fully saturated rings. The number of nitrogens with zero attached hydrogens (tertiary/aromatic N) is 1. The van der Waals surface area contributed by atoms with Crippen LogP contribution in [0.4, 0.5) is 0 Å². The van der Waals surface area contributed by atoms with Gasteiger partial charge in [-0.05, 0) is 5.92 Å². The number of carbonyl (C=O) groups is 1. The molecule has 1 heterocycles. The summed E-state index contributed by atoms with van der Waals surface area (Å²) in [6, 6.07) is 0.349. The Morgan fingerprint density at radius 3 is 2.36 bits per heavy atom. The second-order valence-corrected chi connectivity index (χ2v) is 5.56. The number of hydrogen-bond donors (Lipinski definition) is 2. The maximum Gasteiger partial charge on any atom is 0.222 e. The molecule has 1 aliphatic heterocycles. The van der Waals surface area contributed by atoms with Crippen molar-refractivity contribution in [2.75, 3.05) is 46.5 Å². The minimum absolute atomic E-state index is 0. The topological polar surface area (TPSA) is 76.8 Å². The second kappa shape index (κ2) is 13.3. The molecule has 1 aliphatic rings. The van der Waals surface area contributed by atoms with E-state index in [0.717, 1.165) is 26.3 Å². The van der Waals surface area contributed by atoms with Crippen molar-refractivity contribution in [3.8, 4) is 0 Å². The first-order valence-corrected chi connectivity index (χ1v) is 7.39. The lowest BCUT2D eigenvalue weighted by molar-refractivity contribution is -0.123. The van der Waals surface area contributed by atoms with Gasteiger partial charge in [-0.25, -0.2) is 0 Å². The first-order chi connectivity index (χ1) is 9.58. The van der Waals surface area contributed by atoms with E-state index in [2.05, 4.69) is 24.1 Å². The number of nitrogens with two attached hydrogens (primary N) is 1. The Morgan fingerprint density at radius 1 is 1.32 bits per heavy atom. The van der Waals surface area contributed by atoms with Gasteiger partial charge in [-0.2, -0.15) is 0 Å². The number of nitrogens with one attached hydrogen (secondary N) is 1. The van der Waals surface area contributed by atoms with E-state index in [9.17, 15) is 4.79 Å². The Morgan fingerprint density at radius 2 is 1.91 bits per heavy atom. The van der Waals surface area contributed by atoms with Crippen LogP contribution in [0.2, 0.25) is 0 Å². The SMILES string of the molecule is COC(CN)CC(=O)NCC(C(C)C)N1CCOCC1.Cl.Cl. The van der Waals surface area contributed by atoms with E-state index in [1.165, 1.54) is 0 Å². The van der Waals surface area contributed by atoms with E-state index in [0.29, 0.717) is 31.5 Å². The van der Waals surface area contributed by atoms with Crippen LogP contribution in [0, 0.1) is 5.92 Å². The van der Waals surface area contributed by atoms with Crippen molar-refractivity contribution in [2.45, 2.75) is 32.4 Å². The molecule has 0 bridgehead atoms. The van der Waals surface area contributed by atoms with Gasteiger partial charge >= 0.3 is 0 Å². The minimum Gasteiger partial charge on any atom is -0.380 e. The zero-order valence-corrected chi connectivity index (χ0v) is 15.4. The highest BCUT2D eigenvalue weighted by Crippen LogP contribution is 2.12. The van der Waals surface area contributed by atoms with Gasteiger partial charge in [-0.3, -0.25) is 9.69 Å². The number of hydrogen-bond acceptors (Lipinski definition) is 5. The summed E-state index contributed by atoms with van der Waals surface area (Å²) in [6.45, 7) is 8.81. The van der Waals surface area contributed by atoms with Gasteiger partial charge in [0.05, 0.1) is 25.7 Å². The summed E-state index contributed by atoms with van der Waals surface area (Å²) in [7, 11) is 1.58. The largest absolute Gasteiger partial charge is 0.380 e. The molecule has 8 heteroatoms. The molecule has 22 heavy (non-hydrogen) atoms. The highest BCUT2D eigenvalue weighted by atomic mass is 35.5. The summed E-state index contributed by atoms with van der Waals surface area (Å²) < 4.78 is 10.5. The molecule has 0 spiro atoms. The molecule has 0 aromatic heterocycles. The summed E-state index contributed by atoms with van der Waals surface area (Å²) in [5, 5.41) is 3.00. The van der Waals surface area contributed by atoms with Crippen molar-refractivity contribution >= 4 is 30.7 Å². The minimum atomic E-state index is -0.198. The normalized spacial score (nSPS) is 18.0. The molecular formula is C14H31Cl2N3O3. The lowest BCUT2D eigenvalue weighted by atomic mass is 10.0. The average Bonchev–Trinajstić information content (AvgIpc) is 2.45. The third-order valence-corrected chi connectivity index (χ3v) is 3.80. The van der Waals surface area contributed by atoms with Crippen LogP contribution in [0.15, 0.2) is 0 Å². The van der Waals surface area contributed by atoms with Gasteiger partial charge in [-0.15, -0.1) is 24.8 Å². The first-order valence-electron chi connectivity index (χ1n) is 7.39. The Bertz CT molecular complexity index is 287.